The zero-order chi connectivity index (χ0) is 10.1. The molecule has 0 aromatic heterocycles. The van der Waals surface area contributed by atoms with E-state index in [1.165, 1.54) is 32.1 Å². The summed E-state index contributed by atoms with van der Waals surface area (Å²) < 4.78 is 0. The minimum absolute atomic E-state index is 0.256. The third-order valence-corrected chi connectivity index (χ3v) is 3.68. The molecule has 0 saturated heterocycles. The van der Waals surface area contributed by atoms with Crippen LogP contribution in [0.15, 0.2) is 0 Å². The van der Waals surface area contributed by atoms with Gasteiger partial charge in [-0.1, -0.05) is 47.0 Å². The van der Waals surface area contributed by atoms with Crippen molar-refractivity contribution in [2.45, 2.75) is 65.8 Å². The fraction of sp³-hybridized carbons (Fsp3) is 1.00. The highest BCUT2D eigenvalue weighted by Gasteiger charge is 2.39. The SMILES string of the molecule is CC(C)(C)C(N)C1(C)CCCCC1. The Bertz CT molecular complexity index is 160. The van der Waals surface area contributed by atoms with Crippen LogP contribution < -0.4 is 5.73 Å². The van der Waals surface area contributed by atoms with Gasteiger partial charge in [-0.05, 0) is 23.7 Å². The standard InChI is InChI=1S/C12H25N/c1-11(2,3)10(13)12(4)8-6-5-7-9-12/h10H,5-9,13H2,1-4H3. The van der Waals surface area contributed by atoms with Gasteiger partial charge in [0.05, 0.1) is 0 Å². The summed E-state index contributed by atoms with van der Waals surface area (Å²) in [6, 6.07) is 0.347. The minimum atomic E-state index is 0.256. The molecule has 1 aliphatic carbocycles. The quantitative estimate of drug-likeness (QED) is 0.663. The van der Waals surface area contributed by atoms with Gasteiger partial charge in [-0.3, -0.25) is 0 Å². The average molecular weight is 183 g/mol. The molecule has 0 radical (unpaired) electrons. The first-order valence-corrected chi connectivity index (χ1v) is 5.62. The molecule has 2 N–H and O–H groups in total. The molecule has 1 nitrogen and oxygen atoms in total. The molecule has 0 aromatic rings. The fourth-order valence-electron chi connectivity index (χ4n) is 2.72. The van der Waals surface area contributed by atoms with Crippen LogP contribution in [0.4, 0.5) is 0 Å². The van der Waals surface area contributed by atoms with Crippen molar-refractivity contribution in [2.75, 3.05) is 0 Å². The Morgan fingerprint density at radius 3 is 1.92 bits per heavy atom. The van der Waals surface area contributed by atoms with E-state index in [9.17, 15) is 0 Å². The smallest absolute Gasteiger partial charge is 0.0142 e. The maximum atomic E-state index is 6.36. The zero-order valence-electron chi connectivity index (χ0n) is 9.69. The van der Waals surface area contributed by atoms with E-state index in [0.717, 1.165) is 0 Å². The fourth-order valence-corrected chi connectivity index (χ4v) is 2.72. The summed E-state index contributed by atoms with van der Waals surface area (Å²) in [4.78, 5) is 0. The molecule has 0 spiro atoms. The van der Waals surface area contributed by atoms with Crippen molar-refractivity contribution in [1.29, 1.82) is 0 Å². The van der Waals surface area contributed by atoms with E-state index in [-0.39, 0.29) is 5.41 Å². The first kappa shape index (κ1) is 11.0. The Kier molecular flexibility index (Phi) is 3.06. The minimum Gasteiger partial charge on any atom is -0.327 e. The molecule has 0 heterocycles. The summed E-state index contributed by atoms with van der Waals surface area (Å²) in [5, 5.41) is 0. The number of rotatable bonds is 1. The molecule has 0 aliphatic heterocycles. The van der Waals surface area contributed by atoms with E-state index in [1.54, 1.807) is 0 Å². The van der Waals surface area contributed by atoms with Gasteiger partial charge < -0.3 is 5.73 Å². The van der Waals surface area contributed by atoms with Crippen LogP contribution in [0, 0.1) is 10.8 Å². The second-order valence-electron chi connectivity index (χ2n) is 6.06. The van der Waals surface area contributed by atoms with Crippen LogP contribution in [0.2, 0.25) is 0 Å². The molecule has 1 heteroatoms. The van der Waals surface area contributed by atoms with E-state index in [2.05, 4.69) is 27.7 Å². The van der Waals surface area contributed by atoms with Crippen molar-refractivity contribution in [3.05, 3.63) is 0 Å². The normalized spacial score (nSPS) is 25.6. The lowest BCUT2D eigenvalue weighted by molar-refractivity contribution is 0.0968. The van der Waals surface area contributed by atoms with Crippen molar-refractivity contribution in [2.24, 2.45) is 16.6 Å². The maximum Gasteiger partial charge on any atom is 0.0142 e. The number of hydrogen-bond donors (Lipinski definition) is 1. The highest BCUT2D eigenvalue weighted by molar-refractivity contribution is 4.94. The summed E-state index contributed by atoms with van der Waals surface area (Å²) in [6.45, 7) is 9.16. The van der Waals surface area contributed by atoms with Gasteiger partial charge in [0.2, 0.25) is 0 Å². The molecular weight excluding hydrogens is 158 g/mol. The van der Waals surface area contributed by atoms with Crippen LogP contribution in [-0.4, -0.2) is 6.04 Å². The molecule has 1 atom stereocenters. The van der Waals surface area contributed by atoms with Gasteiger partial charge in [0.1, 0.15) is 0 Å². The first-order valence-electron chi connectivity index (χ1n) is 5.62. The summed E-state index contributed by atoms with van der Waals surface area (Å²) in [7, 11) is 0. The van der Waals surface area contributed by atoms with E-state index in [4.69, 9.17) is 5.73 Å². The Morgan fingerprint density at radius 2 is 1.54 bits per heavy atom. The van der Waals surface area contributed by atoms with Crippen molar-refractivity contribution in [1.82, 2.24) is 0 Å². The Hall–Kier alpha value is -0.0400. The zero-order valence-corrected chi connectivity index (χ0v) is 9.69. The van der Waals surface area contributed by atoms with Gasteiger partial charge in [0.15, 0.2) is 0 Å². The highest BCUT2D eigenvalue weighted by atomic mass is 14.7. The molecule has 1 unspecified atom stereocenters. The second-order valence-corrected chi connectivity index (χ2v) is 6.06. The van der Waals surface area contributed by atoms with Gasteiger partial charge in [-0.25, -0.2) is 0 Å². The van der Waals surface area contributed by atoms with Gasteiger partial charge in [-0.15, -0.1) is 0 Å². The first-order chi connectivity index (χ1) is 5.86. The van der Waals surface area contributed by atoms with Crippen molar-refractivity contribution in [3.8, 4) is 0 Å². The molecule has 0 bridgehead atoms. The predicted octanol–water partition coefficient (Wildman–Crippen LogP) is 3.33. The molecule has 78 valence electrons. The Balaban J connectivity index is 2.67. The number of nitrogens with two attached hydrogens (primary N) is 1. The van der Waals surface area contributed by atoms with Crippen LogP contribution in [-0.2, 0) is 0 Å². The predicted molar refractivity (Wildman–Crippen MR) is 58.6 cm³/mol. The molecule has 1 saturated carbocycles. The van der Waals surface area contributed by atoms with E-state index in [0.29, 0.717) is 11.5 Å². The molecule has 0 aromatic carbocycles. The molecule has 1 aliphatic rings. The Labute approximate surface area is 83.1 Å². The lowest BCUT2D eigenvalue weighted by Crippen LogP contribution is -2.49. The molecule has 1 fully saturated rings. The Morgan fingerprint density at radius 1 is 1.08 bits per heavy atom. The second kappa shape index (κ2) is 3.61. The molecular formula is C12H25N. The van der Waals surface area contributed by atoms with Crippen LogP contribution in [0.25, 0.3) is 0 Å². The van der Waals surface area contributed by atoms with E-state index < -0.39 is 0 Å². The average Bonchev–Trinajstić information content (AvgIpc) is 2.03. The van der Waals surface area contributed by atoms with Crippen LogP contribution in [0.5, 0.6) is 0 Å². The highest BCUT2D eigenvalue weighted by Crippen LogP contribution is 2.43. The summed E-state index contributed by atoms with van der Waals surface area (Å²) in [5.41, 5.74) is 7.02. The summed E-state index contributed by atoms with van der Waals surface area (Å²) in [5.74, 6) is 0. The number of hydrogen-bond acceptors (Lipinski definition) is 1. The lowest BCUT2D eigenvalue weighted by atomic mass is 9.64. The van der Waals surface area contributed by atoms with Crippen LogP contribution in [0.1, 0.15) is 59.8 Å². The van der Waals surface area contributed by atoms with Gasteiger partial charge in [0.25, 0.3) is 0 Å². The van der Waals surface area contributed by atoms with Crippen molar-refractivity contribution >= 4 is 0 Å². The van der Waals surface area contributed by atoms with Crippen LogP contribution >= 0.6 is 0 Å². The van der Waals surface area contributed by atoms with Gasteiger partial charge >= 0.3 is 0 Å². The summed E-state index contributed by atoms with van der Waals surface area (Å²) in [6.07, 6.45) is 6.81. The van der Waals surface area contributed by atoms with Gasteiger partial charge in [0, 0.05) is 6.04 Å². The third kappa shape index (κ3) is 2.46. The maximum absolute atomic E-state index is 6.36. The topological polar surface area (TPSA) is 26.0 Å². The molecule has 13 heavy (non-hydrogen) atoms. The van der Waals surface area contributed by atoms with Crippen molar-refractivity contribution in [3.63, 3.8) is 0 Å². The van der Waals surface area contributed by atoms with Crippen LogP contribution in [0.3, 0.4) is 0 Å². The lowest BCUT2D eigenvalue weighted by Gasteiger charge is -2.45. The molecule has 0 amide bonds. The van der Waals surface area contributed by atoms with E-state index in [1.807, 2.05) is 0 Å². The van der Waals surface area contributed by atoms with Gasteiger partial charge in [-0.2, -0.15) is 0 Å². The monoisotopic (exact) mass is 183 g/mol. The molecule has 1 rings (SSSR count). The van der Waals surface area contributed by atoms with Crippen molar-refractivity contribution < 1.29 is 0 Å². The van der Waals surface area contributed by atoms with E-state index >= 15 is 0 Å². The largest absolute Gasteiger partial charge is 0.327 e. The third-order valence-electron chi connectivity index (χ3n) is 3.68. The summed E-state index contributed by atoms with van der Waals surface area (Å²) >= 11 is 0.